The minimum absolute atomic E-state index is 0.0348. The van der Waals surface area contributed by atoms with Gasteiger partial charge in [0.25, 0.3) is 15.7 Å². The summed E-state index contributed by atoms with van der Waals surface area (Å²) in [6.07, 6.45) is 3.91. The van der Waals surface area contributed by atoms with Gasteiger partial charge in [-0.3, -0.25) is 9.69 Å². The number of alkyl halides is 3. The average Bonchev–Trinajstić information content (AvgIpc) is 3.40. The highest BCUT2D eigenvalue weighted by molar-refractivity contribution is 7.92. The Morgan fingerprint density at radius 3 is 2.32 bits per heavy atom. The normalized spacial score (nSPS) is 18.6. The van der Waals surface area contributed by atoms with E-state index in [2.05, 4.69) is 9.88 Å². The number of nitrogens with zero attached hydrogens (tertiary/aromatic N) is 4. The van der Waals surface area contributed by atoms with Crippen LogP contribution in [0.2, 0.25) is 0 Å². The zero-order valence-corrected chi connectivity index (χ0v) is 21.2. The van der Waals surface area contributed by atoms with Crippen molar-refractivity contribution in [2.24, 2.45) is 0 Å². The van der Waals surface area contributed by atoms with Crippen LogP contribution in [-0.2, 0) is 21.2 Å². The summed E-state index contributed by atoms with van der Waals surface area (Å²) in [5.41, 5.74) is -6.09. The van der Waals surface area contributed by atoms with Crippen LogP contribution in [0.4, 0.5) is 23.7 Å². The summed E-state index contributed by atoms with van der Waals surface area (Å²) in [6.45, 7) is 6.53. The van der Waals surface area contributed by atoms with Crippen molar-refractivity contribution in [1.82, 2.24) is 14.8 Å². The number of likely N-dealkylation sites (tertiary alicyclic amines) is 1. The molecule has 0 aliphatic carbocycles. The van der Waals surface area contributed by atoms with Crippen molar-refractivity contribution < 1.29 is 35.9 Å². The third-order valence-electron chi connectivity index (χ3n) is 6.53. The maximum absolute atomic E-state index is 13.3. The molecular weight excluding hydrogens is 513 g/mol. The molecule has 0 bridgehead atoms. The van der Waals surface area contributed by atoms with Crippen LogP contribution in [0.15, 0.2) is 47.5 Å². The second-order valence-corrected chi connectivity index (χ2v) is 11.4. The number of carbonyl (C=O) groups excluding carboxylic acids is 2. The number of benzene rings is 1. The van der Waals surface area contributed by atoms with E-state index in [-0.39, 0.29) is 12.2 Å². The van der Waals surface area contributed by atoms with E-state index in [9.17, 15) is 31.2 Å². The molecule has 4 rings (SSSR count). The first-order valence-corrected chi connectivity index (χ1v) is 13.2. The van der Waals surface area contributed by atoms with Crippen molar-refractivity contribution in [1.29, 1.82) is 0 Å². The lowest BCUT2D eigenvalue weighted by Gasteiger charge is -2.27. The number of halogens is 3. The Kier molecular flexibility index (Phi) is 7.21. The topological polar surface area (TPSA) is 100 Å². The lowest BCUT2D eigenvalue weighted by molar-refractivity contribution is -0.123. The van der Waals surface area contributed by atoms with Crippen molar-refractivity contribution in [3.8, 4) is 5.88 Å². The number of sulfone groups is 1. The van der Waals surface area contributed by atoms with Gasteiger partial charge in [-0.25, -0.2) is 23.1 Å². The molecule has 0 unspecified atom stereocenters. The molecule has 2 aromatic rings. The maximum Gasteiger partial charge on any atom is 0.501 e. The molecule has 0 N–H and O–H groups in total. The van der Waals surface area contributed by atoms with Crippen LogP contribution in [0.25, 0.3) is 0 Å². The van der Waals surface area contributed by atoms with E-state index in [4.69, 9.17) is 4.74 Å². The number of rotatable bonds is 8. The van der Waals surface area contributed by atoms with Gasteiger partial charge < -0.3 is 9.64 Å². The number of hydrogen-bond acceptors (Lipinski definition) is 7. The highest BCUT2D eigenvalue weighted by atomic mass is 32.2. The first-order valence-electron chi connectivity index (χ1n) is 11.7. The van der Waals surface area contributed by atoms with Gasteiger partial charge in [0.1, 0.15) is 12.1 Å². The van der Waals surface area contributed by atoms with Crippen molar-refractivity contribution >= 4 is 27.5 Å². The van der Waals surface area contributed by atoms with Gasteiger partial charge in [0, 0.05) is 25.4 Å². The van der Waals surface area contributed by atoms with Gasteiger partial charge in [0.15, 0.2) is 0 Å². The molecule has 2 saturated heterocycles. The quantitative estimate of drug-likeness (QED) is 0.472. The first kappa shape index (κ1) is 26.9. The molecule has 37 heavy (non-hydrogen) atoms. The molecule has 9 nitrogen and oxygen atoms in total. The molecule has 3 amide bonds. The van der Waals surface area contributed by atoms with Crippen LogP contribution in [0, 0.1) is 0 Å². The van der Waals surface area contributed by atoms with Crippen LogP contribution in [0.3, 0.4) is 0 Å². The van der Waals surface area contributed by atoms with Gasteiger partial charge in [0.2, 0.25) is 5.88 Å². The molecule has 13 heteroatoms. The standard InChI is InChI=1S/C24H27F3N4O5S/c1-23(2)21(32)31(18-5-7-19(8-6-18)37(34,35)24(25,26)27)22(33)30(23)16-17-9-10-28-20(15-17)36-14-13-29-11-3-4-12-29/h5-10,15H,3-4,11-14,16H2,1-2H3. The van der Waals surface area contributed by atoms with Crippen LogP contribution in [-0.4, -0.2) is 72.4 Å². The Morgan fingerprint density at radius 2 is 1.70 bits per heavy atom. The molecule has 1 aromatic carbocycles. The Labute approximate surface area is 212 Å². The number of ether oxygens (including phenoxy) is 1. The Morgan fingerprint density at radius 1 is 1.05 bits per heavy atom. The van der Waals surface area contributed by atoms with E-state index in [1.54, 1.807) is 32.2 Å². The van der Waals surface area contributed by atoms with Gasteiger partial charge in [0.05, 0.1) is 10.6 Å². The third-order valence-corrected chi connectivity index (χ3v) is 8.03. The summed E-state index contributed by atoms with van der Waals surface area (Å²) < 4.78 is 67.6. The number of amides is 3. The van der Waals surface area contributed by atoms with Gasteiger partial charge >= 0.3 is 11.5 Å². The summed E-state index contributed by atoms with van der Waals surface area (Å²) in [5, 5.41) is 0. The summed E-state index contributed by atoms with van der Waals surface area (Å²) in [4.78, 5) is 34.1. The predicted molar refractivity (Wildman–Crippen MR) is 128 cm³/mol. The number of aromatic nitrogens is 1. The molecule has 2 aliphatic heterocycles. The molecule has 0 atom stereocenters. The van der Waals surface area contributed by atoms with Crippen molar-refractivity contribution in [2.45, 2.75) is 49.2 Å². The lowest BCUT2D eigenvalue weighted by Crippen LogP contribution is -2.43. The van der Waals surface area contributed by atoms with Gasteiger partial charge in [-0.05, 0) is 75.7 Å². The summed E-state index contributed by atoms with van der Waals surface area (Å²) in [5.74, 6) is -0.203. The number of carbonyl (C=O) groups is 2. The minimum atomic E-state index is -5.55. The number of imide groups is 1. The summed E-state index contributed by atoms with van der Waals surface area (Å²) in [7, 11) is -5.55. The van der Waals surface area contributed by atoms with E-state index < -0.39 is 37.7 Å². The van der Waals surface area contributed by atoms with E-state index in [1.807, 2.05) is 0 Å². The van der Waals surface area contributed by atoms with Gasteiger partial charge in [-0.1, -0.05) is 0 Å². The monoisotopic (exact) mass is 540 g/mol. The molecule has 200 valence electrons. The second-order valence-electron chi connectivity index (χ2n) is 9.41. The van der Waals surface area contributed by atoms with Crippen LogP contribution < -0.4 is 9.64 Å². The fraction of sp³-hybridized carbons (Fsp3) is 0.458. The van der Waals surface area contributed by atoms with Crippen LogP contribution in [0.1, 0.15) is 32.3 Å². The summed E-state index contributed by atoms with van der Waals surface area (Å²) >= 11 is 0. The van der Waals surface area contributed by atoms with Gasteiger partial charge in [-0.15, -0.1) is 0 Å². The zero-order valence-electron chi connectivity index (χ0n) is 20.4. The lowest BCUT2D eigenvalue weighted by atomic mass is 10.0. The summed E-state index contributed by atoms with van der Waals surface area (Å²) in [6, 6.07) is 6.17. The van der Waals surface area contributed by atoms with Crippen molar-refractivity contribution in [3.63, 3.8) is 0 Å². The maximum atomic E-state index is 13.3. The fourth-order valence-electron chi connectivity index (χ4n) is 4.33. The largest absolute Gasteiger partial charge is 0.501 e. The molecule has 0 saturated carbocycles. The minimum Gasteiger partial charge on any atom is -0.476 e. The van der Waals surface area contributed by atoms with Crippen LogP contribution >= 0.6 is 0 Å². The van der Waals surface area contributed by atoms with Gasteiger partial charge in [-0.2, -0.15) is 13.2 Å². The molecule has 1 aromatic heterocycles. The highest BCUT2D eigenvalue weighted by Gasteiger charge is 2.52. The number of pyridine rings is 1. The Bertz CT molecular complexity index is 1280. The highest BCUT2D eigenvalue weighted by Crippen LogP contribution is 2.35. The fourth-order valence-corrected chi connectivity index (χ4v) is 5.09. The molecular formula is C24H27F3N4O5S. The average molecular weight is 541 g/mol. The molecule has 2 aliphatic rings. The third kappa shape index (κ3) is 5.28. The Balaban J connectivity index is 1.49. The van der Waals surface area contributed by atoms with Crippen LogP contribution in [0.5, 0.6) is 5.88 Å². The van der Waals surface area contributed by atoms with E-state index in [0.29, 0.717) is 18.1 Å². The van der Waals surface area contributed by atoms with E-state index in [1.165, 1.54) is 17.7 Å². The predicted octanol–water partition coefficient (Wildman–Crippen LogP) is 3.60. The number of anilines is 1. The second kappa shape index (κ2) is 9.93. The van der Waals surface area contributed by atoms with E-state index in [0.717, 1.165) is 48.8 Å². The zero-order chi connectivity index (χ0) is 27.0. The molecule has 3 heterocycles. The number of hydrogen-bond donors (Lipinski definition) is 0. The SMILES string of the molecule is CC1(C)C(=O)N(c2ccc(S(=O)(=O)C(F)(F)F)cc2)C(=O)N1Cc1ccnc(OCCN2CCCC2)c1. The first-order chi connectivity index (χ1) is 17.3. The van der Waals surface area contributed by atoms with Crippen molar-refractivity contribution in [2.75, 3.05) is 31.1 Å². The number of urea groups is 1. The molecule has 0 spiro atoms. The smallest absolute Gasteiger partial charge is 0.476 e. The Hall–Kier alpha value is -3.19. The van der Waals surface area contributed by atoms with Crippen molar-refractivity contribution in [3.05, 3.63) is 48.2 Å². The van der Waals surface area contributed by atoms with E-state index >= 15 is 0 Å². The molecule has 2 fully saturated rings. The molecule has 0 radical (unpaired) electrons.